The van der Waals surface area contributed by atoms with Crippen LogP contribution in [-0.2, 0) is 4.74 Å². The van der Waals surface area contributed by atoms with E-state index in [1.807, 2.05) is 11.8 Å². The van der Waals surface area contributed by atoms with E-state index in [-0.39, 0.29) is 5.60 Å². The summed E-state index contributed by atoms with van der Waals surface area (Å²) in [6, 6.07) is 0.454. The summed E-state index contributed by atoms with van der Waals surface area (Å²) in [6.07, 6.45) is 9.82. The number of rotatable bonds is 3. The Morgan fingerprint density at radius 2 is 2.05 bits per heavy atom. The Balaban J connectivity index is 1.64. The first-order valence-electron chi connectivity index (χ1n) is 8.32. The van der Waals surface area contributed by atoms with E-state index in [0.717, 1.165) is 32.3 Å². The molecule has 1 aliphatic carbocycles. The number of thioether (sulfide) groups is 1. The lowest BCUT2D eigenvalue weighted by atomic mass is 9.86. The molecule has 1 saturated carbocycles. The highest BCUT2D eigenvalue weighted by atomic mass is 32.2. The van der Waals surface area contributed by atoms with Gasteiger partial charge >= 0.3 is 0 Å². The summed E-state index contributed by atoms with van der Waals surface area (Å²) >= 11 is 1.95. The second-order valence-electron chi connectivity index (χ2n) is 6.72. The summed E-state index contributed by atoms with van der Waals surface area (Å²) in [5.74, 6) is 1.22. The van der Waals surface area contributed by atoms with Crippen molar-refractivity contribution in [3.63, 3.8) is 0 Å². The summed E-state index contributed by atoms with van der Waals surface area (Å²) in [6.45, 7) is 5.36. The van der Waals surface area contributed by atoms with Gasteiger partial charge in [0.15, 0.2) is 5.17 Å². The fraction of sp³-hybridized carbons (Fsp3) is 0.938. The Bertz CT molecular complexity index is 373. The first-order valence-corrected chi connectivity index (χ1v) is 9.31. The van der Waals surface area contributed by atoms with Crippen molar-refractivity contribution in [3.8, 4) is 0 Å². The van der Waals surface area contributed by atoms with Crippen LogP contribution in [0.1, 0.15) is 65.2 Å². The highest BCUT2D eigenvalue weighted by molar-refractivity contribution is 8.14. The van der Waals surface area contributed by atoms with Gasteiger partial charge < -0.3 is 10.1 Å². The molecule has 3 nitrogen and oxygen atoms in total. The average Bonchev–Trinajstić information content (AvgIpc) is 3.10. The molecule has 3 rings (SSSR count). The minimum Gasteiger partial charge on any atom is -0.375 e. The lowest BCUT2D eigenvalue weighted by molar-refractivity contribution is -0.0884. The van der Waals surface area contributed by atoms with E-state index in [1.54, 1.807) is 0 Å². The van der Waals surface area contributed by atoms with Gasteiger partial charge in [-0.25, -0.2) is 0 Å². The summed E-state index contributed by atoms with van der Waals surface area (Å²) in [4.78, 5) is 5.03. The predicted molar refractivity (Wildman–Crippen MR) is 86.5 cm³/mol. The first-order chi connectivity index (χ1) is 9.69. The Labute approximate surface area is 127 Å². The molecule has 0 radical (unpaired) electrons. The maximum absolute atomic E-state index is 6.06. The van der Waals surface area contributed by atoms with Gasteiger partial charge in [-0.15, -0.1) is 0 Å². The molecule has 0 bridgehead atoms. The minimum absolute atomic E-state index is 0.0846. The van der Waals surface area contributed by atoms with E-state index in [1.165, 1.54) is 36.6 Å². The Morgan fingerprint density at radius 3 is 2.75 bits per heavy atom. The molecular formula is C16H28N2OS. The van der Waals surface area contributed by atoms with Crippen LogP contribution in [0.5, 0.6) is 0 Å². The molecule has 0 aromatic rings. The molecule has 1 atom stereocenters. The van der Waals surface area contributed by atoms with Gasteiger partial charge in [-0.1, -0.05) is 38.5 Å². The molecule has 0 aromatic carbocycles. The second kappa shape index (κ2) is 5.88. The third-order valence-electron chi connectivity index (χ3n) is 5.47. The van der Waals surface area contributed by atoms with Gasteiger partial charge in [-0.2, -0.15) is 0 Å². The summed E-state index contributed by atoms with van der Waals surface area (Å²) in [5, 5.41) is 4.96. The van der Waals surface area contributed by atoms with Crippen molar-refractivity contribution >= 4 is 16.9 Å². The van der Waals surface area contributed by atoms with Gasteiger partial charge in [-0.05, 0) is 38.5 Å². The van der Waals surface area contributed by atoms with Crippen LogP contribution in [0, 0.1) is 0 Å². The molecule has 4 heteroatoms. The summed E-state index contributed by atoms with van der Waals surface area (Å²) < 4.78 is 6.06. The lowest BCUT2D eigenvalue weighted by Crippen LogP contribution is -2.43. The van der Waals surface area contributed by atoms with Gasteiger partial charge in [0, 0.05) is 17.9 Å². The number of nitrogens with zero attached hydrogens (tertiary/aromatic N) is 1. The SMILES string of the molecule is CCC1(CC)CC(N=C2NC3(CCCC3)CS2)CCO1. The fourth-order valence-corrected chi connectivity index (χ4v) is 5.20. The zero-order valence-corrected chi connectivity index (χ0v) is 13.7. The molecule has 3 aliphatic rings. The fourth-order valence-electron chi connectivity index (χ4n) is 3.92. The second-order valence-corrected chi connectivity index (χ2v) is 7.68. The molecule has 0 aromatic heterocycles. The van der Waals surface area contributed by atoms with Crippen molar-refractivity contribution in [1.82, 2.24) is 5.32 Å². The standard InChI is InChI=1S/C16H28N2OS/c1-3-16(4-2)11-13(7-10-19-16)17-14-18-15(12-20-14)8-5-6-9-15/h13H,3-12H2,1-2H3,(H,17,18). The third-order valence-corrected chi connectivity index (χ3v) is 6.65. The van der Waals surface area contributed by atoms with E-state index in [2.05, 4.69) is 19.2 Å². The van der Waals surface area contributed by atoms with Crippen molar-refractivity contribution in [2.45, 2.75) is 82.4 Å². The van der Waals surface area contributed by atoms with Gasteiger partial charge in [0.05, 0.1) is 11.6 Å². The Hall–Kier alpha value is -0.220. The van der Waals surface area contributed by atoms with Gasteiger partial charge in [0.25, 0.3) is 0 Å². The largest absolute Gasteiger partial charge is 0.375 e. The van der Waals surface area contributed by atoms with E-state index >= 15 is 0 Å². The Morgan fingerprint density at radius 1 is 1.30 bits per heavy atom. The molecule has 0 amide bonds. The molecule has 1 N–H and O–H groups in total. The average molecular weight is 296 g/mol. The van der Waals surface area contributed by atoms with Crippen LogP contribution in [0.15, 0.2) is 4.99 Å². The number of amidine groups is 1. The van der Waals surface area contributed by atoms with Crippen molar-refractivity contribution in [2.75, 3.05) is 12.4 Å². The molecule has 3 fully saturated rings. The van der Waals surface area contributed by atoms with E-state index < -0.39 is 0 Å². The molecule has 2 aliphatic heterocycles. The summed E-state index contributed by atoms with van der Waals surface area (Å²) in [5.41, 5.74) is 0.475. The van der Waals surface area contributed by atoms with Crippen molar-refractivity contribution < 1.29 is 4.74 Å². The van der Waals surface area contributed by atoms with Gasteiger partial charge in [0.2, 0.25) is 0 Å². The maximum atomic E-state index is 6.06. The quantitative estimate of drug-likeness (QED) is 0.861. The third kappa shape index (κ3) is 2.87. The van der Waals surface area contributed by atoms with Crippen LogP contribution < -0.4 is 5.32 Å². The maximum Gasteiger partial charge on any atom is 0.157 e. The molecule has 2 heterocycles. The lowest BCUT2D eigenvalue weighted by Gasteiger charge is -2.38. The first kappa shape index (κ1) is 14.7. The van der Waals surface area contributed by atoms with Crippen LogP contribution in [0.25, 0.3) is 0 Å². The molecule has 114 valence electrons. The highest BCUT2D eigenvalue weighted by Gasteiger charge is 2.40. The smallest absolute Gasteiger partial charge is 0.157 e. The number of nitrogens with one attached hydrogen (secondary N) is 1. The van der Waals surface area contributed by atoms with Crippen LogP contribution in [0.4, 0.5) is 0 Å². The van der Waals surface area contributed by atoms with Gasteiger partial charge in [-0.3, -0.25) is 4.99 Å². The molecule has 2 saturated heterocycles. The van der Waals surface area contributed by atoms with Gasteiger partial charge in [0.1, 0.15) is 0 Å². The normalized spacial score (nSPS) is 33.7. The zero-order valence-electron chi connectivity index (χ0n) is 12.9. The predicted octanol–water partition coefficient (Wildman–Crippen LogP) is 3.73. The summed E-state index contributed by atoms with van der Waals surface area (Å²) in [7, 11) is 0. The number of hydrogen-bond acceptors (Lipinski definition) is 3. The van der Waals surface area contributed by atoms with E-state index in [9.17, 15) is 0 Å². The molecular weight excluding hydrogens is 268 g/mol. The number of ether oxygens (including phenoxy) is 1. The minimum atomic E-state index is 0.0846. The van der Waals surface area contributed by atoms with Crippen LogP contribution in [0.3, 0.4) is 0 Å². The number of aliphatic imine (C=N–C) groups is 1. The van der Waals surface area contributed by atoms with Crippen molar-refractivity contribution in [3.05, 3.63) is 0 Å². The van der Waals surface area contributed by atoms with Crippen LogP contribution >= 0.6 is 11.8 Å². The number of hydrogen-bond donors (Lipinski definition) is 1. The zero-order chi connectivity index (χ0) is 14.1. The molecule has 1 unspecified atom stereocenters. The van der Waals surface area contributed by atoms with Crippen molar-refractivity contribution in [2.24, 2.45) is 4.99 Å². The molecule has 20 heavy (non-hydrogen) atoms. The Kier molecular flexibility index (Phi) is 4.32. The van der Waals surface area contributed by atoms with E-state index in [4.69, 9.17) is 9.73 Å². The topological polar surface area (TPSA) is 33.6 Å². The molecule has 1 spiro atoms. The van der Waals surface area contributed by atoms with E-state index in [0.29, 0.717) is 11.6 Å². The monoisotopic (exact) mass is 296 g/mol. The van der Waals surface area contributed by atoms with Crippen molar-refractivity contribution in [1.29, 1.82) is 0 Å². The van der Waals surface area contributed by atoms with Crippen LogP contribution in [-0.4, -0.2) is 34.7 Å². The highest BCUT2D eigenvalue weighted by Crippen LogP contribution is 2.38. The van der Waals surface area contributed by atoms with Crippen LogP contribution in [0.2, 0.25) is 0 Å².